The fraction of sp³-hybridized carbons (Fsp3) is 0.312. The van der Waals surface area contributed by atoms with Gasteiger partial charge in [-0.2, -0.15) is 0 Å². The summed E-state index contributed by atoms with van der Waals surface area (Å²) in [7, 11) is 0. The van der Waals surface area contributed by atoms with Crippen LogP contribution >= 0.6 is 69.6 Å². The molecule has 7 nitrogen and oxygen atoms in total. The number of benzene rings is 3. The molecule has 4 rings (SSSR count). The first-order valence-corrected chi connectivity index (χ1v) is 16.0. The summed E-state index contributed by atoms with van der Waals surface area (Å²) in [5, 5.41) is 16.7. The summed E-state index contributed by atoms with van der Waals surface area (Å²) in [4.78, 5) is 0. The van der Waals surface area contributed by atoms with E-state index in [1.165, 1.54) is 0 Å². The third kappa shape index (κ3) is 11.0. The van der Waals surface area contributed by atoms with Crippen molar-refractivity contribution in [1.29, 1.82) is 10.8 Å². The predicted octanol–water partition coefficient (Wildman–Crippen LogP) is 8.78. The van der Waals surface area contributed by atoms with Gasteiger partial charge in [-0.15, -0.1) is 0 Å². The van der Waals surface area contributed by atoms with E-state index in [-0.39, 0.29) is 19.8 Å². The summed E-state index contributed by atoms with van der Waals surface area (Å²) in [6.45, 7) is 0.739. The molecule has 3 aromatic rings. The van der Waals surface area contributed by atoms with Crippen molar-refractivity contribution in [2.75, 3.05) is 6.61 Å². The summed E-state index contributed by atoms with van der Waals surface area (Å²) >= 11 is 36.0. The van der Waals surface area contributed by atoms with Crippen molar-refractivity contribution >= 4 is 81.4 Å². The predicted molar refractivity (Wildman–Crippen MR) is 180 cm³/mol. The van der Waals surface area contributed by atoms with Crippen LogP contribution in [0.5, 0.6) is 0 Å². The maximum atomic E-state index is 8.37. The lowest BCUT2D eigenvalue weighted by Crippen LogP contribution is -2.55. The molecule has 2 N–H and O–H groups in total. The molecule has 1 aliphatic rings. The first-order valence-electron chi connectivity index (χ1n) is 13.7. The van der Waals surface area contributed by atoms with Crippen LogP contribution in [0.15, 0.2) is 103 Å². The van der Waals surface area contributed by atoms with E-state index in [4.69, 9.17) is 104 Å². The van der Waals surface area contributed by atoms with Gasteiger partial charge in [0.15, 0.2) is 12.2 Å². The maximum Gasteiger partial charge on any atom is 0.265 e. The Morgan fingerprint density at radius 2 is 1.00 bits per heavy atom. The van der Waals surface area contributed by atoms with Gasteiger partial charge in [0.1, 0.15) is 12.2 Å². The van der Waals surface area contributed by atoms with Gasteiger partial charge < -0.3 is 23.7 Å². The average molecular weight is 735 g/mol. The van der Waals surface area contributed by atoms with Crippen molar-refractivity contribution in [3.8, 4) is 0 Å². The number of rotatable bonds is 12. The second-order valence-corrected chi connectivity index (χ2v) is 14.6. The molecule has 0 aromatic heterocycles. The molecule has 0 saturated carbocycles. The highest BCUT2D eigenvalue weighted by atomic mass is 35.6. The molecule has 45 heavy (non-hydrogen) atoms. The zero-order valence-corrected chi connectivity index (χ0v) is 28.2. The standard InChI is InChI=1S/C32H30Cl6N2O5/c33-31(34,35)29(39)44-25-16-24(20-41-17-21-10-4-1-5-11-21)26(42-18-22-12-6-2-7-13-22)28(27(25)45-30(40)32(36,37)38)43-19-23-14-8-3-9-15-23/h1-16,25-28,39-40H,17-20H2/t25-,26+,27+,28-/m0/s1. The first-order chi connectivity index (χ1) is 21.4. The molecule has 1 aliphatic carbocycles. The normalized spacial score (nSPS) is 20.3. The van der Waals surface area contributed by atoms with Gasteiger partial charge in [-0.25, -0.2) is 0 Å². The van der Waals surface area contributed by atoms with Crippen LogP contribution in [0.25, 0.3) is 0 Å². The molecule has 0 radical (unpaired) electrons. The van der Waals surface area contributed by atoms with Gasteiger partial charge in [0.05, 0.1) is 26.4 Å². The largest absolute Gasteiger partial charge is 0.467 e. The molecule has 0 fully saturated rings. The molecule has 0 unspecified atom stereocenters. The number of hydrogen-bond acceptors (Lipinski definition) is 7. The second-order valence-electron chi connectivity index (χ2n) is 10.0. The molecule has 240 valence electrons. The zero-order valence-electron chi connectivity index (χ0n) is 23.7. The van der Waals surface area contributed by atoms with Crippen molar-refractivity contribution in [2.45, 2.75) is 51.8 Å². The molecule has 0 saturated heterocycles. The van der Waals surface area contributed by atoms with E-state index >= 15 is 0 Å². The van der Waals surface area contributed by atoms with Crippen molar-refractivity contribution < 1.29 is 23.7 Å². The Morgan fingerprint density at radius 3 is 1.49 bits per heavy atom. The van der Waals surface area contributed by atoms with Crippen LogP contribution in [0.4, 0.5) is 0 Å². The quantitative estimate of drug-likeness (QED) is 0.0840. The molecule has 3 aromatic carbocycles. The highest BCUT2D eigenvalue weighted by Crippen LogP contribution is 2.36. The molecular weight excluding hydrogens is 705 g/mol. The first kappa shape index (κ1) is 35.8. The average Bonchev–Trinajstić information content (AvgIpc) is 3.01. The van der Waals surface area contributed by atoms with E-state index in [0.717, 1.165) is 16.7 Å². The van der Waals surface area contributed by atoms with Crippen molar-refractivity contribution in [2.24, 2.45) is 0 Å². The summed E-state index contributed by atoms with van der Waals surface area (Å²) in [5.41, 5.74) is 3.35. The lowest BCUT2D eigenvalue weighted by molar-refractivity contribution is -0.145. The van der Waals surface area contributed by atoms with E-state index in [0.29, 0.717) is 12.2 Å². The Kier molecular flexibility index (Phi) is 13.3. The lowest BCUT2D eigenvalue weighted by atomic mass is 9.88. The lowest BCUT2D eigenvalue weighted by Gasteiger charge is -2.42. The number of nitrogens with one attached hydrogen (secondary N) is 2. The number of halogens is 6. The summed E-state index contributed by atoms with van der Waals surface area (Å²) in [6, 6.07) is 28.7. The van der Waals surface area contributed by atoms with Gasteiger partial charge in [-0.05, 0) is 28.3 Å². The minimum atomic E-state index is -2.21. The monoisotopic (exact) mass is 732 g/mol. The van der Waals surface area contributed by atoms with Crippen molar-refractivity contribution in [1.82, 2.24) is 0 Å². The zero-order chi connectivity index (χ0) is 32.5. The number of ether oxygens (including phenoxy) is 5. The van der Waals surface area contributed by atoms with E-state index in [2.05, 4.69) is 0 Å². The SMILES string of the molecule is N=C(O[C@H]1[C@@H](OCc2ccccc2)[C@H](OCc2ccccc2)C(COCc2ccccc2)=C[C@@H]1OC(=N)C(Cl)(Cl)Cl)C(Cl)(Cl)Cl. The molecule has 0 bridgehead atoms. The molecule has 13 heteroatoms. The third-order valence-electron chi connectivity index (χ3n) is 6.65. The smallest absolute Gasteiger partial charge is 0.265 e. The Bertz CT molecular complexity index is 1420. The molecule has 4 atom stereocenters. The summed E-state index contributed by atoms with van der Waals surface area (Å²) in [6.07, 6.45) is -2.46. The van der Waals surface area contributed by atoms with Crippen LogP contribution < -0.4 is 0 Å². The minimum Gasteiger partial charge on any atom is -0.467 e. The van der Waals surface area contributed by atoms with Gasteiger partial charge in [-0.3, -0.25) is 10.8 Å². The van der Waals surface area contributed by atoms with Gasteiger partial charge >= 0.3 is 0 Å². The van der Waals surface area contributed by atoms with Gasteiger partial charge in [0.25, 0.3) is 7.59 Å². The van der Waals surface area contributed by atoms with Crippen LogP contribution in [0, 0.1) is 10.8 Å². The Labute approximate surface area is 292 Å². The van der Waals surface area contributed by atoms with Crippen molar-refractivity contribution in [3.05, 3.63) is 119 Å². The maximum absolute atomic E-state index is 8.37. The highest BCUT2D eigenvalue weighted by Gasteiger charge is 2.48. The van der Waals surface area contributed by atoms with Crippen LogP contribution in [0.3, 0.4) is 0 Å². The number of hydrogen-bond donors (Lipinski definition) is 2. The summed E-state index contributed by atoms with van der Waals surface area (Å²) < 4.78 is 26.4. The Balaban J connectivity index is 1.73. The van der Waals surface area contributed by atoms with E-state index in [1.807, 2.05) is 91.0 Å². The van der Waals surface area contributed by atoms with Gasteiger partial charge in [0.2, 0.25) is 11.8 Å². The van der Waals surface area contributed by atoms with Crippen LogP contribution in [-0.4, -0.2) is 50.4 Å². The fourth-order valence-corrected chi connectivity index (χ4v) is 4.78. The van der Waals surface area contributed by atoms with E-state index in [1.54, 1.807) is 6.08 Å². The number of alkyl halides is 6. The van der Waals surface area contributed by atoms with E-state index in [9.17, 15) is 0 Å². The molecule has 0 spiro atoms. The van der Waals surface area contributed by atoms with Crippen molar-refractivity contribution in [3.63, 3.8) is 0 Å². The Hall–Kier alpha value is -2.04. The third-order valence-corrected chi connectivity index (χ3v) is 7.68. The Morgan fingerprint density at radius 1 is 0.556 bits per heavy atom. The topological polar surface area (TPSA) is 93.9 Å². The van der Waals surface area contributed by atoms with E-state index < -0.39 is 43.8 Å². The van der Waals surface area contributed by atoms with Gasteiger partial charge in [0, 0.05) is 0 Å². The molecule has 0 aliphatic heterocycles. The fourth-order valence-electron chi connectivity index (χ4n) is 4.51. The minimum absolute atomic E-state index is 0.0924. The molecule has 0 heterocycles. The molecular formula is C32H30Cl6N2O5. The van der Waals surface area contributed by atoms with Gasteiger partial charge in [-0.1, -0.05) is 161 Å². The highest BCUT2D eigenvalue weighted by molar-refractivity contribution is 6.76. The second kappa shape index (κ2) is 16.7. The van der Waals surface area contributed by atoms with Crippen LogP contribution in [0.2, 0.25) is 0 Å². The van der Waals surface area contributed by atoms with Crippen LogP contribution in [-0.2, 0) is 43.5 Å². The summed E-state index contributed by atoms with van der Waals surface area (Å²) in [5.74, 6) is -1.38. The molecule has 0 amide bonds. The van der Waals surface area contributed by atoms with Crippen LogP contribution in [0.1, 0.15) is 16.7 Å².